The number of hydrogen-bond donors (Lipinski definition) is 1. The molecular formula is C23H26N4O2. The number of carbonyl (C=O) groups excluding carboxylic acids is 2. The van der Waals surface area contributed by atoms with Crippen molar-refractivity contribution in [1.29, 1.82) is 0 Å². The normalized spacial score (nSPS) is 10.6. The largest absolute Gasteiger partial charge is 0.343 e. The van der Waals surface area contributed by atoms with Gasteiger partial charge in [-0.05, 0) is 45.0 Å². The molecule has 6 nitrogen and oxygen atoms in total. The van der Waals surface area contributed by atoms with Crippen molar-refractivity contribution in [1.82, 2.24) is 20.0 Å². The van der Waals surface area contributed by atoms with Gasteiger partial charge in [0.1, 0.15) is 0 Å². The van der Waals surface area contributed by atoms with E-state index in [1.165, 1.54) is 0 Å². The molecule has 3 aromatic rings. The van der Waals surface area contributed by atoms with Crippen LogP contribution in [0.5, 0.6) is 0 Å². The molecule has 0 atom stereocenters. The van der Waals surface area contributed by atoms with Gasteiger partial charge in [-0.1, -0.05) is 35.9 Å². The van der Waals surface area contributed by atoms with Crippen LogP contribution in [0.2, 0.25) is 0 Å². The first-order chi connectivity index (χ1) is 13.9. The first kappa shape index (κ1) is 20.3. The van der Waals surface area contributed by atoms with Crippen LogP contribution in [0.15, 0.2) is 54.6 Å². The predicted molar refractivity (Wildman–Crippen MR) is 113 cm³/mol. The van der Waals surface area contributed by atoms with Crippen molar-refractivity contribution < 1.29 is 9.59 Å². The number of rotatable bonds is 6. The molecule has 3 rings (SSSR count). The lowest BCUT2D eigenvalue weighted by molar-refractivity contribution is -0.129. The van der Waals surface area contributed by atoms with Crippen LogP contribution >= 0.6 is 0 Å². The van der Waals surface area contributed by atoms with Gasteiger partial charge in [0.05, 0.1) is 17.9 Å². The van der Waals surface area contributed by atoms with E-state index in [9.17, 15) is 9.59 Å². The Hall–Kier alpha value is -3.41. The summed E-state index contributed by atoms with van der Waals surface area (Å²) in [5.74, 6) is -0.410. The number of nitrogens with zero attached hydrogens (tertiary/aromatic N) is 3. The maximum atomic E-state index is 12.5. The van der Waals surface area contributed by atoms with Crippen LogP contribution in [-0.2, 0) is 11.3 Å². The third kappa shape index (κ3) is 4.71. The summed E-state index contributed by atoms with van der Waals surface area (Å²) in [7, 11) is 1.74. The fourth-order valence-corrected chi connectivity index (χ4v) is 3.15. The van der Waals surface area contributed by atoms with E-state index in [1.54, 1.807) is 24.1 Å². The Kier molecular flexibility index (Phi) is 6.12. The minimum atomic E-state index is -0.254. The van der Waals surface area contributed by atoms with Crippen LogP contribution in [0.4, 0.5) is 0 Å². The topological polar surface area (TPSA) is 67.2 Å². The van der Waals surface area contributed by atoms with Gasteiger partial charge in [0.15, 0.2) is 0 Å². The summed E-state index contributed by atoms with van der Waals surface area (Å²) in [6.07, 6.45) is 0. The van der Waals surface area contributed by atoms with Crippen LogP contribution in [-0.4, -0.2) is 40.1 Å². The molecule has 1 heterocycles. The van der Waals surface area contributed by atoms with Crippen molar-refractivity contribution in [3.05, 3.63) is 82.7 Å². The zero-order valence-corrected chi connectivity index (χ0v) is 17.3. The standard InChI is InChI=1S/C23H26N4O2/c1-16-10-12-19(13-11-16)23(29)24-14-22(28)26(4)15-21-17(2)25-27(18(21)3)20-8-6-5-7-9-20/h5-13H,14-15H2,1-4H3,(H,24,29). The molecule has 0 fully saturated rings. The molecule has 150 valence electrons. The van der Waals surface area contributed by atoms with Crippen LogP contribution in [0.25, 0.3) is 5.69 Å². The molecule has 2 amide bonds. The maximum Gasteiger partial charge on any atom is 0.251 e. The summed E-state index contributed by atoms with van der Waals surface area (Å²) in [4.78, 5) is 26.3. The second-order valence-electron chi connectivity index (χ2n) is 7.20. The highest BCUT2D eigenvalue weighted by atomic mass is 16.2. The van der Waals surface area contributed by atoms with Crippen molar-refractivity contribution in [2.24, 2.45) is 0 Å². The zero-order valence-electron chi connectivity index (χ0n) is 17.3. The van der Waals surface area contributed by atoms with E-state index in [0.717, 1.165) is 28.2 Å². The van der Waals surface area contributed by atoms with Gasteiger partial charge in [0, 0.05) is 30.4 Å². The highest BCUT2D eigenvalue weighted by Gasteiger charge is 2.18. The van der Waals surface area contributed by atoms with E-state index >= 15 is 0 Å². The van der Waals surface area contributed by atoms with Crippen molar-refractivity contribution in [2.75, 3.05) is 13.6 Å². The van der Waals surface area contributed by atoms with Gasteiger partial charge >= 0.3 is 0 Å². The number of nitrogens with one attached hydrogen (secondary N) is 1. The molecule has 0 saturated heterocycles. The van der Waals surface area contributed by atoms with Gasteiger partial charge in [-0.2, -0.15) is 5.10 Å². The Morgan fingerprint density at radius 3 is 2.31 bits per heavy atom. The third-order valence-corrected chi connectivity index (χ3v) is 4.98. The van der Waals surface area contributed by atoms with Gasteiger partial charge in [-0.25, -0.2) is 4.68 Å². The lowest BCUT2D eigenvalue weighted by Crippen LogP contribution is -2.38. The van der Waals surface area contributed by atoms with Gasteiger partial charge in [0.25, 0.3) is 5.91 Å². The molecule has 0 spiro atoms. The van der Waals surface area contributed by atoms with E-state index < -0.39 is 0 Å². The summed E-state index contributed by atoms with van der Waals surface area (Å²) >= 11 is 0. The molecule has 6 heteroatoms. The van der Waals surface area contributed by atoms with Crippen LogP contribution < -0.4 is 5.32 Å². The number of para-hydroxylation sites is 1. The average Bonchev–Trinajstić information content (AvgIpc) is 3.01. The average molecular weight is 390 g/mol. The van der Waals surface area contributed by atoms with Crippen molar-refractivity contribution in [3.8, 4) is 5.69 Å². The minimum absolute atomic E-state index is 0.0475. The SMILES string of the molecule is Cc1ccc(C(=O)NCC(=O)N(C)Cc2c(C)nn(-c3ccccc3)c2C)cc1. The number of hydrogen-bond acceptors (Lipinski definition) is 3. The smallest absolute Gasteiger partial charge is 0.251 e. The number of benzene rings is 2. The number of carbonyl (C=O) groups is 2. The first-order valence-electron chi connectivity index (χ1n) is 9.56. The summed E-state index contributed by atoms with van der Waals surface area (Å²) < 4.78 is 1.89. The second kappa shape index (κ2) is 8.73. The van der Waals surface area contributed by atoms with Gasteiger partial charge < -0.3 is 10.2 Å². The van der Waals surface area contributed by atoms with Gasteiger partial charge in [-0.15, -0.1) is 0 Å². The molecule has 0 aliphatic rings. The Bertz CT molecular complexity index is 1010. The summed E-state index contributed by atoms with van der Waals surface area (Å²) in [6, 6.07) is 17.2. The molecule has 1 aromatic heterocycles. The summed E-state index contributed by atoms with van der Waals surface area (Å²) in [6.45, 7) is 6.29. The molecule has 2 aromatic carbocycles. The third-order valence-electron chi connectivity index (χ3n) is 4.98. The summed E-state index contributed by atoms with van der Waals surface area (Å²) in [5.41, 5.74) is 5.50. The summed E-state index contributed by atoms with van der Waals surface area (Å²) in [5, 5.41) is 7.32. The van der Waals surface area contributed by atoms with Crippen LogP contribution in [0.3, 0.4) is 0 Å². The Morgan fingerprint density at radius 1 is 1.00 bits per heavy atom. The van der Waals surface area contributed by atoms with E-state index in [1.807, 2.05) is 67.9 Å². The Balaban J connectivity index is 1.63. The quantitative estimate of drug-likeness (QED) is 0.703. The van der Waals surface area contributed by atoms with Crippen LogP contribution in [0, 0.1) is 20.8 Å². The highest BCUT2D eigenvalue weighted by molar-refractivity contribution is 5.96. The molecule has 0 radical (unpaired) electrons. The lowest BCUT2D eigenvalue weighted by atomic mass is 10.1. The van der Waals surface area contributed by atoms with Crippen LogP contribution in [0.1, 0.15) is 32.9 Å². The van der Waals surface area contributed by atoms with Gasteiger partial charge in [-0.3, -0.25) is 9.59 Å². The second-order valence-corrected chi connectivity index (χ2v) is 7.20. The van der Waals surface area contributed by atoms with E-state index in [4.69, 9.17) is 0 Å². The highest BCUT2D eigenvalue weighted by Crippen LogP contribution is 2.19. The first-order valence-corrected chi connectivity index (χ1v) is 9.56. The monoisotopic (exact) mass is 390 g/mol. The lowest BCUT2D eigenvalue weighted by Gasteiger charge is -2.18. The van der Waals surface area contributed by atoms with E-state index in [-0.39, 0.29) is 18.4 Å². The zero-order chi connectivity index (χ0) is 21.0. The van der Waals surface area contributed by atoms with Crippen molar-refractivity contribution in [3.63, 3.8) is 0 Å². The molecule has 0 saturated carbocycles. The predicted octanol–water partition coefficient (Wildman–Crippen LogP) is 3.19. The Labute approximate surface area is 171 Å². The molecule has 0 aliphatic carbocycles. The molecule has 0 bridgehead atoms. The van der Waals surface area contributed by atoms with E-state index in [2.05, 4.69) is 10.4 Å². The Morgan fingerprint density at radius 2 is 1.66 bits per heavy atom. The van der Waals surface area contributed by atoms with E-state index in [0.29, 0.717) is 12.1 Å². The number of aryl methyl sites for hydroxylation is 2. The molecule has 1 N–H and O–H groups in total. The van der Waals surface area contributed by atoms with Gasteiger partial charge in [0.2, 0.25) is 5.91 Å². The number of likely N-dealkylation sites (N-methyl/N-ethyl adjacent to an activating group) is 1. The molecule has 0 unspecified atom stereocenters. The van der Waals surface area contributed by atoms with Crippen molar-refractivity contribution in [2.45, 2.75) is 27.3 Å². The number of aromatic nitrogens is 2. The molecular weight excluding hydrogens is 364 g/mol. The molecule has 0 aliphatic heterocycles. The fourth-order valence-electron chi connectivity index (χ4n) is 3.15. The molecule has 29 heavy (non-hydrogen) atoms. The fraction of sp³-hybridized carbons (Fsp3) is 0.261. The minimum Gasteiger partial charge on any atom is -0.343 e. The number of amides is 2. The van der Waals surface area contributed by atoms with Crippen molar-refractivity contribution >= 4 is 11.8 Å². The maximum absolute atomic E-state index is 12.5.